The lowest BCUT2D eigenvalue weighted by Crippen LogP contribution is -1.98. The first kappa shape index (κ1) is 13.9. The molecule has 0 aliphatic heterocycles. The Balaban J connectivity index is 2.55. The number of hydrogen-bond acceptors (Lipinski definition) is 4. The SMILES string of the molecule is COC(=O)c1sc(-c2ccc(C)c(F)c2F)nc1Cl. The van der Waals surface area contributed by atoms with E-state index in [-0.39, 0.29) is 26.2 Å². The molecule has 1 heterocycles. The first-order valence-corrected chi connectivity index (χ1v) is 6.34. The second kappa shape index (κ2) is 5.22. The second-order valence-corrected chi connectivity index (χ2v) is 5.05. The van der Waals surface area contributed by atoms with Gasteiger partial charge in [-0.25, -0.2) is 18.6 Å². The van der Waals surface area contributed by atoms with Crippen molar-refractivity contribution in [3.63, 3.8) is 0 Å². The third-order valence-electron chi connectivity index (χ3n) is 2.46. The van der Waals surface area contributed by atoms with Crippen LogP contribution in [-0.2, 0) is 4.74 Å². The number of methoxy groups -OCH3 is 1. The molecular formula is C12H8ClF2NO2S. The number of thiazole rings is 1. The number of ether oxygens (including phenoxy) is 1. The first-order chi connectivity index (χ1) is 8.95. The molecule has 0 bridgehead atoms. The number of hydrogen-bond donors (Lipinski definition) is 0. The standard InChI is InChI=1S/C12H8ClF2NO2S/c1-5-3-4-6(8(15)7(5)14)11-16-10(13)9(19-11)12(17)18-2/h3-4H,1-2H3. The summed E-state index contributed by atoms with van der Waals surface area (Å²) in [5, 5.41) is 0.0361. The number of aryl methyl sites for hydroxylation is 1. The molecule has 7 heteroatoms. The third kappa shape index (κ3) is 2.46. The van der Waals surface area contributed by atoms with Crippen LogP contribution in [0.25, 0.3) is 10.6 Å². The van der Waals surface area contributed by atoms with E-state index in [9.17, 15) is 13.6 Å². The quantitative estimate of drug-likeness (QED) is 0.791. The van der Waals surface area contributed by atoms with Crippen LogP contribution in [0.5, 0.6) is 0 Å². The average Bonchev–Trinajstić information content (AvgIpc) is 2.77. The van der Waals surface area contributed by atoms with Crippen LogP contribution in [0.3, 0.4) is 0 Å². The van der Waals surface area contributed by atoms with E-state index < -0.39 is 17.6 Å². The van der Waals surface area contributed by atoms with E-state index in [1.54, 1.807) is 0 Å². The van der Waals surface area contributed by atoms with Gasteiger partial charge in [0.25, 0.3) is 0 Å². The average molecular weight is 304 g/mol. The van der Waals surface area contributed by atoms with E-state index in [4.69, 9.17) is 11.6 Å². The zero-order valence-electron chi connectivity index (χ0n) is 9.96. The topological polar surface area (TPSA) is 39.2 Å². The number of nitrogens with zero attached hydrogens (tertiary/aromatic N) is 1. The van der Waals surface area contributed by atoms with E-state index in [1.807, 2.05) is 0 Å². The molecule has 1 aromatic carbocycles. The first-order valence-electron chi connectivity index (χ1n) is 5.15. The molecule has 0 radical (unpaired) electrons. The molecule has 2 rings (SSSR count). The molecule has 3 nitrogen and oxygen atoms in total. The van der Waals surface area contributed by atoms with Gasteiger partial charge in [-0.05, 0) is 18.6 Å². The molecule has 0 saturated heterocycles. The molecule has 0 unspecified atom stereocenters. The minimum Gasteiger partial charge on any atom is -0.465 e. The van der Waals surface area contributed by atoms with Crippen molar-refractivity contribution in [3.05, 3.63) is 39.4 Å². The van der Waals surface area contributed by atoms with Crippen molar-refractivity contribution >= 4 is 28.9 Å². The van der Waals surface area contributed by atoms with Gasteiger partial charge in [-0.1, -0.05) is 17.7 Å². The largest absolute Gasteiger partial charge is 0.465 e. The van der Waals surface area contributed by atoms with Gasteiger partial charge in [0.1, 0.15) is 5.01 Å². The lowest BCUT2D eigenvalue weighted by molar-refractivity contribution is 0.0606. The zero-order valence-corrected chi connectivity index (χ0v) is 11.5. The van der Waals surface area contributed by atoms with Crippen LogP contribution in [0.4, 0.5) is 8.78 Å². The molecule has 100 valence electrons. The van der Waals surface area contributed by atoms with E-state index in [0.29, 0.717) is 0 Å². The number of halogens is 3. The second-order valence-electron chi connectivity index (χ2n) is 3.69. The molecule has 0 N–H and O–H groups in total. The summed E-state index contributed by atoms with van der Waals surface area (Å²) in [5.41, 5.74) is 0.155. The van der Waals surface area contributed by atoms with Crippen LogP contribution in [-0.4, -0.2) is 18.1 Å². The Morgan fingerprint density at radius 3 is 2.68 bits per heavy atom. The molecule has 2 aromatic rings. The Hall–Kier alpha value is -1.53. The fraction of sp³-hybridized carbons (Fsp3) is 0.167. The number of esters is 1. The Kier molecular flexibility index (Phi) is 3.82. The summed E-state index contributed by atoms with van der Waals surface area (Å²) >= 11 is 6.62. The molecular weight excluding hydrogens is 296 g/mol. The van der Waals surface area contributed by atoms with Crippen LogP contribution in [0.2, 0.25) is 5.15 Å². The van der Waals surface area contributed by atoms with Crippen molar-refractivity contribution in [2.24, 2.45) is 0 Å². The predicted molar refractivity (Wildman–Crippen MR) is 68.6 cm³/mol. The summed E-state index contributed by atoms with van der Waals surface area (Å²) in [6.07, 6.45) is 0. The minimum atomic E-state index is -1.01. The fourth-order valence-electron chi connectivity index (χ4n) is 1.45. The number of benzene rings is 1. The van der Waals surface area contributed by atoms with Crippen molar-refractivity contribution in [1.29, 1.82) is 0 Å². The number of rotatable bonds is 2. The monoisotopic (exact) mass is 303 g/mol. The van der Waals surface area contributed by atoms with Gasteiger partial charge in [-0.15, -0.1) is 11.3 Å². The van der Waals surface area contributed by atoms with Gasteiger partial charge in [0, 0.05) is 5.56 Å². The van der Waals surface area contributed by atoms with E-state index in [2.05, 4.69) is 9.72 Å². The molecule has 0 aliphatic rings. The molecule has 0 saturated carbocycles. The molecule has 0 atom stereocenters. The predicted octanol–water partition coefficient (Wildman–Crippen LogP) is 3.84. The smallest absolute Gasteiger partial charge is 0.351 e. The Bertz CT molecular complexity index is 657. The lowest BCUT2D eigenvalue weighted by Gasteiger charge is -2.02. The summed E-state index contributed by atoms with van der Waals surface area (Å²) in [4.78, 5) is 15.3. The fourth-order valence-corrected chi connectivity index (χ4v) is 2.67. The van der Waals surface area contributed by atoms with E-state index in [0.717, 1.165) is 11.3 Å². The Morgan fingerprint density at radius 1 is 1.37 bits per heavy atom. The van der Waals surface area contributed by atoms with Crippen molar-refractivity contribution in [1.82, 2.24) is 4.98 Å². The van der Waals surface area contributed by atoms with Crippen LogP contribution < -0.4 is 0 Å². The molecule has 0 aliphatic carbocycles. The van der Waals surface area contributed by atoms with Crippen molar-refractivity contribution in [2.75, 3.05) is 7.11 Å². The Labute approximate surface area is 116 Å². The maximum atomic E-state index is 13.8. The maximum absolute atomic E-state index is 13.8. The molecule has 0 fully saturated rings. The van der Waals surface area contributed by atoms with Gasteiger partial charge in [-0.2, -0.15) is 0 Å². The van der Waals surface area contributed by atoms with E-state index in [1.165, 1.54) is 26.2 Å². The van der Waals surface area contributed by atoms with Gasteiger partial charge in [0.05, 0.1) is 7.11 Å². The summed E-state index contributed by atoms with van der Waals surface area (Å²) in [5.74, 6) is -2.62. The highest BCUT2D eigenvalue weighted by atomic mass is 35.5. The van der Waals surface area contributed by atoms with Crippen LogP contribution in [0.15, 0.2) is 12.1 Å². The molecule has 0 spiro atoms. The molecule has 19 heavy (non-hydrogen) atoms. The van der Waals surface area contributed by atoms with Crippen LogP contribution in [0, 0.1) is 18.6 Å². The Morgan fingerprint density at radius 2 is 2.05 bits per heavy atom. The molecule has 0 amide bonds. The number of carbonyl (C=O) groups excluding carboxylic acids is 1. The van der Waals surface area contributed by atoms with Crippen LogP contribution >= 0.6 is 22.9 Å². The van der Waals surface area contributed by atoms with Crippen LogP contribution in [0.1, 0.15) is 15.2 Å². The summed E-state index contributed by atoms with van der Waals surface area (Å²) in [6, 6.07) is 2.82. The highest BCUT2D eigenvalue weighted by Gasteiger charge is 2.21. The number of carbonyl (C=O) groups is 1. The van der Waals surface area contributed by atoms with E-state index >= 15 is 0 Å². The van der Waals surface area contributed by atoms with Crippen molar-refractivity contribution in [3.8, 4) is 10.6 Å². The van der Waals surface area contributed by atoms with Gasteiger partial charge in [-0.3, -0.25) is 0 Å². The zero-order chi connectivity index (χ0) is 14.2. The highest BCUT2D eigenvalue weighted by Crippen LogP contribution is 2.33. The summed E-state index contributed by atoms with van der Waals surface area (Å²) in [6.45, 7) is 1.46. The van der Waals surface area contributed by atoms with Gasteiger partial charge in [0.2, 0.25) is 0 Å². The molecule has 1 aromatic heterocycles. The highest BCUT2D eigenvalue weighted by molar-refractivity contribution is 7.17. The maximum Gasteiger partial charge on any atom is 0.351 e. The van der Waals surface area contributed by atoms with Gasteiger partial charge in [0.15, 0.2) is 21.7 Å². The van der Waals surface area contributed by atoms with Gasteiger partial charge >= 0.3 is 5.97 Å². The van der Waals surface area contributed by atoms with Crippen molar-refractivity contribution in [2.45, 2.75) is 6.92 Å². The summed E-state index contributed by atoms with van der Waals surface area (Å²) in [7, 11) is 1.20. The lowest BCUT2D eigenvalue weighted by atomic mass is 10.1. The van der Waals surface area contributed by atoms with Crippen molar-refractivity contribution < 1.29 is 18.3 Å². The minimum absolute atomic E-state index is 0.0369. The normalized spacial score (nSPS) is 10.6. The number of aromatic nitrogens is 1. The van der Waals surface area contributed by atoms with Gasteiger partial charge < -0.3 is 4.74 Å². The third-order valence-corrected chi connectivity index (χ3v) is 3.92. The summed E-state index contributed by atoms with van der Waals surface area (Å²) < 4.78 is 31.8.